The molecule has 6 nitrogen and oxygen atoms in total. The number of nitrogens with zero attached hydrogens (tertiary/aromatic N) is 2. The Hall–Kier alpha value is -2.02. The van der Waals surface area contributed by atoms with E-state index in [0.29, 0.717) is 0 Å². The molecule has 1 aromatic carbocycles. The molecule has 2 N–H and O–H groups in total. The average Bonchev–Trinajstić information content (AvgIpc) is 2.75. The monoisotopic (exact) mass is 278 g/mol. The maximum atomic E-state index is 11.4. The number of rotatable bonds is 4. The topological polar surface area (TPSA) is 73.8 Å². The zero-order valence-electron chi connectivity index (χ0n) is 10.6. The van der Waals surface area contributed by atoms with Gasteiger partial charge in [0, 0.05) is 31.0 Å². The summed E-state index contributed by atoms with van der Waals surface area (Å²) in [5.74, 6) is -0.127. The predicted octanol–water partition coefficient (Wildman–Crippen LogP) is 1.80. The number of nitrogens with one attached hydrogen (secondary N) is 2. The van der Waals surface area contributed by atoms with Gasteiger partial charge in [0.05, 0.1) is 12.0 Å². The summed E-state index contributed by atoms with van der Waals surface area (Å²) in [7, 11) is 3.63. The number of thioether (sulfide) groups is 1. The lowest BCUT2D eigenvalue weighted by Crippen LogP contribution is -2.22. The Labute approximate surface area is 115 Å². The van der Waals surface area contributed by atoms with Gasteiger partial charge in [-0.3, -0.25) is 9.59 Å². The third-order valence-corrected chi connectivity index (χ3v) is 3.46. The minimum atomic E-state index is -0.334. The molecule has 1 aliphatic rings. The molecule has 0 unspecified atom stereocenters. The number of hydrogen-bond acceptors (Lipinski definition) is 6. The molecule has 1 saturated heterocycles. The van der Waals surface area contributed by atoms with Gasteiger partial charge < -0.3 is 10.6 Å². The van der Waals surface area contributed by atoms with Crippen molar-refractivity contribution in [2.75, 3.05) is 30.5 Å². The summed E-state index contributed by atoms with van der Waals surface area (Å²) in [6.45, 7) is 0. The summed E-state index contributed by atoms with van der Waals surface area (Å²) in [4.78, 5) is 22.8. The maximum Gasteiger partial charge on any atom is 0.309 e. The van der Waals surface area contributed by atoms with Crippen LogP contribution in [0.2, 0.25) is 0 Å². The molecule has 1 aromatic rings. The summed E-state index contributed by atoms with van der Waals surface area (Å²) in [6, 6.07) is 5.67. The minimum Gasteiger partial charge on any atom is -0.388 e. The molecule has 19 heavy (non-hydrogen) atoms. The molecular weight excluding hydrogens is 264 g/mol. The fraction of sp³-hybridized carbons (Fsp3) is 0.250. The first kappa shape index (κ1) is 13.4. The molecule has 1 fully saturated rings. The number of imide groups is 1. The summed E-state index contributed by atoms with van der Waals surface area (Å²) in [5.41, 5.74) is 2.63. The van der Waals surface area contributed by atoms with Gasteiger partial charge in [0.15, 0.2) is 0 Å². The molecule has 0 aromatic heterocycles. The Bertz CT molecular complexity index is 529. The second kappa shape index (κ2) is 5.75. The van der Waals surface area contributed by atoms with Crippen molar-refractivity contribution in [3.05, 3.63) is 23.8 Å². The van der Waals surface area contributed by atoms with Gasteiger partial charge in [-0.1, -0.05) is 11.8 Å². The molecule has 2 amide bonds. The second-order valence-electron chi connectivity index (χ2n) is 3.81. The van der Waals surface area contributed by atoms with Crippen LogP contribution in [-0.2, 0) is 4.79 Å². The number of carbonyl (C=O) groups excluding carboxylic acids is 2. The highest BCUT2D eigenvalue weighted by atomic mass is 32.2. The lowest BCUT2D eigenvalue weighted by molar-refractivity contribution is -0.124. The van der Waals surface area contributed by atoms with Gasteiger partial charge in [0.1, 0.15) is 0 Å². The van der Waals surface area contributed by atoms with Gasteiger partial charge in [0.25, 0.3) is 5.91 Å². The van der Waals surface area contributed by atoms with Crippen LogP contribution in [0.3, 0.4) is 0 Å². The van der Waals surface area contributed by atoms with Crippen molar-refractivity contribution in [1.82, 2.24) is 5.01 Å². The Kier molecular flexibility index (Phi) is 4.06. The Balaban J connectivity index is 2.23. The first-order valence-electron chi connectivity index (χ1n) is 5.69. The van der Waals surface area contributed by atoms with Gasteiger partial charge in [-0.05, 0) is 18.2 Å². The number of anilines is 2. The standard InChI is InChI=1S/C12H14N4O2S/c1-13-9-4-3-8(10(5-9)14-2)6-15-16-11(17)7-19-12(16)18/h3-6,13-14H,7H2,1-2H3. The van der Waals surface area contributed by atoms with Crippen LogP contribution in [0.1, 0.15) is 5.56 Å². The molecule has 0 saturated carbocycles. The van der Waals surface area contributed by atoms with E-state index < -0.39 is 0 Å². The number of hydrogen-bond donors (Lipinski definition) is 2. The number of amides is 2. The van der Waals surface area contributed by atoms with Crippen molar-refractivity contribution in [3.63, 3.8) is 0 Å². The van der Waals surface area contributed by atoms with E-state index in [-0.39, 0.29) is 16.9 Å². The molecule has 0 radical (unpaired) electrons. The maximum absolute atomic E-state index is 11.4. The lowest BCUT2D eigenvalue weighted by Gasteiger charge is -2.09. The molecule has 1 aliphatic heterocycles. The highest BCUT2D eigenvalue weighted by Crippen LogP contribution is 2.21. The average molecular weight is 278 g/mol. The van der Waals surface area contributed by atoms with Crippen LogP contribution in [0, 0.1) is 0 Å². The van der Waals surface area contributed by atoms with Gasteiger partial charge in [-0.2, -0.15) is 10.1 Å². The van der Waals surface area contributed by atoms with Crippen LogP contribution in [0.5, 0.6) is 0 Å². The van der Waals surface area contributed by atoms with Crippen LogP contribution >= 0.6 is 11.8 Å². The van der Waals surface area contributed by atoms with E-state index in [9.17, 15) is 9.59 Å². The first-order chi connectivity index (χ1) is 9.15. The first-order valence-corrected chi connectivity index (χ1v) is 6.67. The lowest BCUT2D eigenvalue weighted by atomic mass is 10.1. The van der Waals surface area contributed by atoms with E-state index in [1.165, 1.54) is 6.21 Å². The minimum absolute atomic E-state index is 0.160. The van der Waals surface area contributed by atoms with Gasteiger partial charge in [0.2, 0.25) is 0 Å². The zero-order chi connectivity index (χ0) is 13.8. The van der Waals surface area contributed by atoms with Crippen LogP contribution in [0.15, 0.2) is 23.3 Å². The van der Waals surface area contributed by atoms with E-state index in [0.717, 1.165) is 33.7 Å². The summed E-state index contributed by atoms with van der Waals surface area (Å²) >= 11 is 0.963. The Morgan fingerprint density at radius 3 is 2.68 bits per heavy atom. The SMILES string of the molecule is CNc1ccc(C=NN2C(=O)CSC2=O)c(NC)c1. The van der Waals surface area contributed by atoms with Crippen LogP contribution in [0.4, 0.5) is 16.2 Å². The molecular formula is C12H14N4O2S. The fourth-order valence-corrected chi connectivity index (χ4v) is 2.26. The van der Waals surface area contributed by atoms with Gasteiger partial charge >= 0.3 is 5.24 Å². The predicted molar refractivity (Wildman–Crippen MR) is 77.8 cm³/mol. The highest BCUT2D eigenvalue weighted by molar-refractivity contribution is 8.14. The molecule has 0 spiro atoms. The van der Waals surface area contributed by atoms with E-state index in [1.54, 1.807) is 7.05 Å². The highest BCUT2D eigenvalue weighted by Gasteiger charge is 2.29. The van der Waals surface area contributed by atoms with Crippen molar-refractivity contribution < 1.29 is 9.59 Å². The van der Waals surface area contributed by atoms with Crippen LogP contribution < -0.4 is 10.6 Å². The summed E-state index contributed by atoms with van der Waals surface area (Å²) in [5, 5.41) is 10.6. The van der Waals surface area contributed by atoms with E-state index in [1.807, 2.05) is 25.2 Å². The van der Waals surface area contributed by atoms with E-state index in [2.05, 4.69) is 15.7 Å². The van der Waals surface area contributed by atoms with Crippen molar-refractivity contribution in [3.8, 4) is 0 Å². The van der Waals surface area contributed by atoms with Crippen LogP contribution in [0.25, 0.3) is 0 Å². The van der Waals surface area contributed by atoms with Crippen molar-refractivity contribution >= 4 is 40.5 Å². The molecule has 0 atom stereocenters. The summed E-state index contributed by atoms with van der Waals surface area (Å²) < 4.78 is 0. The molecule has 2 rings (SSSR count). The third kappa shape index (κ3) is 2.87. The molecule has 0 bridgehead atoms. The molecule has 7 heteroatoms. The second-order valence-corrected chi connectivity index (χ2v) is 4.73. The smallest absolute Gasteiger partial charge is 0.309 e. The number of benzene rings is 1. The number of hydrazone groups is 1. The molecule has 0 aliphatic carbocycles. The largest absolute Gasteiger partial charge is 0.388 e. The van der Waals surface area contributed by atoms with E-state index >= 15 is 0 Å². The van der Waals surface area contributed by atoms with Crippen LogP contribution in [-0.4, -0.2) is 42.2 Å². The normalized spacial score (nSPS) is 15.4. The third-order valence-electron chi connectivity index (χ3n) is 2.65. The Morgan fingerprint density at radius 1 is 1.32 bits per heavy atom. The van der Waals surface area contributed by atoms with Crippen molar-refractivity contribution in [1.29, 1.82) is 0 Å². The Morgan fingerprint density at radius 2 is 2.11 bits per heavy atom. The van der Waals surface area contributed by atoms with E-state index in [4.69, 9.17) is 0 Å². The van der Waals surface area contributed by atoms with Crippen molar-refractivity contribution in [2.45, 2.75) is 0 Å². The summed E-state index contributed by atoms with van der Waals surface area (Å²) in [6.07, 6.45) is 1.51. The van der Waals surface area contributed by atoms with Gasteiger partial charge in [-0.15, -0.1) is 0 Å². The molecule has 1 heterocycles. The fourth-order valence-electron chi connectivity index (χ4n) is 1.62. The van der Waals surface area contributed by atoms with Gasteiger partial charge in [-0.25, -0.2) is 0 Å². The molecule has 100 valence electrons. The van der Waals surface area contributed by atoms with Crippen molar-refractivity contribution in [2.24, 2.45) is 5.10 Å². The quantitative estimate of drug-likeness (QED) is 0.822. The number of carbonyl (C=O) groups is 2. The zero-order valence-corrected chi connectivity index (χ0v) is 11.5.